The second-order valence-corrected chi connectivity index (χ2v) is 3.75. The Morgan fingerprint density at radius 1 is 1.28 bits per heavy atom. The molecule has 18 heavy (non-hydrogen) atoms. The van der Waals surface area contributed by atoms with Crippen molar-refractivity contribution in [2.45, 2.75) is 6.18 Å². The van der Waals surface area contributed by atoms with Gasteiger partial charge in [-0.25, -0.2) is 4.79 Å². The smallest absolute Gasteiger partial charge is 0.406 e. The molecule has 2 amide bonds. The van der Waals surface area contributed by atoms with E-state index in [9.17, 15) is 22.8 Å². The molecular formula is C9H13F3N2O4. The van der Waals surface area contributed by atoms with E-state index in [1.807, 2.05) is 0 Å². The number of halogens is 3. The molecule has 1 aliphatic heterocycles. The Morgan fingerprint density at radius 3 is 2.28 bits per heavy atom. The van der Waals surface area contributed by atoms with E-state index in [4.69, 9.17) is 9.84 Å². The number of carboxylic acids is 1. The number of carbonyl (C=O) groups is 2. The zero-order valence-electron chi connectivity index (χ0n) is 9.44. The zero-order chi connectivity index (χ0) is 13.8. The lowest BCUT2D eigenvalue weighted by Gasteiger charge is -2.32. The average Bonchev–Trinajstić information content (AvgIpc) is 2.26. The van der Waals surface area contributed by atoms with Crippen LogP contribution in [0.15, 0.2) is 0 Å². The first-order valence-electron chi connectivity index (χ1n) is 5.20. The summed E-state index contributed by atoms with van der Waals surface area (Å²) in [6.07, 6.45) is -4.63. The van der Waals surface area contributed by atoms with Crippen LogP contribution in [0.1, 0.15) is 0 Å². The molecule has 9 heteroatoms. The van der Waals surface area contributed by atoms with E-state index in [1.54, 1.807) is 0 Å². The molecular weight excluding hydrogens is 257 g/mol. The highest BCUT2D eigenvalue weighted by atomic mass is 19.4. The topological polar surface area (TPSA) is 70.1 Å². The van der Waals surface area contributed by atoms with Gasteiger partial charge in [0.05, 0.1) is 13.2 Å². The van der Waals surface area contributed by atoms with Crippen molar-refractivity contribution in [2.75, 3.05) is 39.4 Å². The minimum atomic E-state index is -4.63. The van der Waals surface area contributed by atoms with Crippen LogP contribution >= 0.6 is 0 Å². The van der Waals surface area contributed by atoms with Gasteiger partial charge in [-0.15, -0.1) is 0 Å². The first kappa shape index (κ1) is 14.6. The van der Waals surface area contributed by atoms with Crippen LogP contribution in [0.25, 0.3) is 0 Å². The number of alkyl halides is 3. The maximum atomic E-state index is 12.3. The van der Waals surface area contributed by atoms with Gasteiger partial charge in [0.25, 0.3) is 0 Å². The number of urea groups is 1. The molecule has 0 aromatic carbocycles. The summed E-state index contributed by atoms with van der Waals surface area (Å²) in [7, 11) is 0. The molecule has 1 rings (SSSR count). The fraction of sp³-hybridized carbons (Fsp3) is 0.778. The third-order valence-electron chi connectivity index (χ3n) is 2.25. The van der Waals surface area contributed by atoms with E-state index in [2.05, 4.69) is 0 Å². The Labute approximate surface area is 101 Å². The Hall–Kier alpha value is -1.51. The molecule has 0 radical (unpaired) electrons. The van der Waals surface area contributed by atoms with Crippen molar-refractivity contribution in [1.82, 2.24) is 9.80 Å². The van der Waals surface area contributed by atoms with Crippen molar-refractivity contribution in [3.63, 3.8) is 0 Å². The van der Waals surface area contributed by atoms with Gasteiger partial charge < -0.3 is 19.6 Å². The highest BCUT2D eigenvalue weighted by Gasteiger charge is 2.35. The molecule has 0 spiro atoms. The van der Waals surface area contributed by atoms with Crippen molar-refractivity contribution >= 4 is 12.0 Å². The van der Waals surface area contributed by atoms with E-state index in [1.165, 1.54) is 0 Å². The molecule has 0 aromatic rings. The largest absolute Gasteiger partial charge is 0.480 e. The van der Waals surface area contributed by atoms with Crippen molar-refractivity contribution in [3.05, 3.63) is 0 Å². The lowest BCUT2D eigenvalue weighted by Crippen LogP contribution is -2.51. The summed E-state index contributed by atoms with van der Waals surface area (Å²) in [4.78, 5) is 23.6. The summed E-state index contributed by atoms with van der Waals surface area (Å²) >= 11 is 0. The number of rotatable bonds is 3. The van der Waals surface area contributed by atoms with Crippen LogP contribution in [0.5, 0.6) is 0 Å². The molecule has 1 aliphatic rings. The highest BCUT2D eigenvalue weighted by Crippen LogP contribution is 2.17. The normalized spacial score (nSPS) is 16.5. The number of nitrogens with zero attached hydrogens (tertiary/aromatic N) is 2. The molecule has 0 aromatic heterocycles. The van der Waals surface area contributed by atoms with E-state index >= 15 is 0 Å². The molecule has 104 valence electrons. The summed E-state index contributed by atoms with van der Waals surface area (Å²) < 4.78 is 41.7. The first-order chi connectivity index (χ1) is 8.29. The minimum absolute atomic E-state index is 0.160. The van der Waals surface area contributed by atoms with Gasteiger partial charge in [-0.1, -0.05) is 0 Å². The van der Waals surface area contributed by atoms with E-state index < -0.39 is 31.3 Å². The third kappa shape index (κ3) is 4.78. The number of aliphatic carboxylic acids is 1. The molecule has 1 N–H and O–H groups in total. The molecule has 0 unspecified atom stereocenters. The fourth-order valence-corrected chi connectivity index (χ4v) is 1.53. The molecule has 0 aliphatic carbocycles. The van der Waals surface area contributed by atoms with Crippen LogP contribution in [-0.4, -0.2) is 72.5 Å². The Morgan fingerprint density at radius 2 is 1.83 bits per heavy atom. The predicted octanol–water partition coefficient (Wildman–Crippen LogP) is 0.388. The summed E-state index contributed by atoms with van der Waals surface area (Å²) in [5, 5.41) is 8.52. The Bertz CT molecular complexity index is 315. The SMILES string of the molecule is O=C(O)CN(CC(F)(F)F)C(=O)N1CCOCC1. The van der Waals surface area contributed by atoms with E-state index in [0.29, 0.717) is 0 Å². The predicted molar refractivity (Wildman–Crippen MR) is 53.1 cm³/mol. The highest BCUT2D eigenvalue weighted by molar-refractivity contribution is 5.80. The van der Waals surface area contributed by atoms with Crippen LogP contribution in [0.2, 0.25) is 0 Å². The van der Waals surface area contributed by atoms with Crippen LogP contribution in [0, 0.1) is 0 Å². The quantitative estimate of drug-likeness (QED) is 0.805. The minimum Gasteiger partial charge on any atom is -0.480 e. The summed E-state index contributed by atoms with van der Waals surface area (Å²) in [5.74, 6) is -1.49. The second-order valence-electron chi connectivity index (χ2n) is 3.75. The van der Waals surface area contributed by atoms with Gasteiger partial charge >= 0.3 is 18.2 Å². The molecule has 6 nitrogen and oxygen atoms in total. The maximum absolute atomic E-state index is 12.3. The zero-order valence-corrected chi connectivity index (χ0v) is 9.44. The van der Waals surface area contributed by atoms with Gasteiger partial charge in [0.1, 0.15) is 13.1 Å². The second kappa shape index (κ2) is 5.89. The molecule has 1 heterocycles. The summed E-state index contributed by atoms with van der Waals surface area (Å²) in [5.41, 5.74) is 0. The number of carboxylic acid groups (broad SMARTS) is 1. The molecule has 0 atom stereocenters. The van der Waals surface area contributed by atoms with Crippen molar-refractivity contribution in [2.24, 2.45) is 0 Å². The van der Waals surface area contributed by atoms with Gasteiger partial charge in [0.15, 0.2) is 0 Å². The van der Waals surface area contributed by atoms with E-state index in [-0.39, 0.29) is 31.2 Å². The van der Waals surface area contributed by atoms with Crippen molar-refractivity contribution < 1.29 is 32.6 Å². The van der Waals surface area contributed by atoms with Crippen LogP contribution in [0.3, 0.4) is 0 Å². The van der Waals surface area contributed by atoms with Gasteiger partial charge in [0.2, 0.25) is 0 Å². The average molecular weight is 270 g/mol. The summed E-state index contributed by atoms with van der Waals surface area (Å²) in [6, 6.07) is -0.932. The molecule has 1 fully saturated rings. The molecule has 1 saturated heterocycles. The monoisotopic (exact) mass is 270 g/mol. The van der Waals surface area contributed by atoms with Gasteiger partial charge in [-0.2, -0.15) is 13.2 Å². The maximum Gasteiger partial charge on any atom is 0.406 e. The molecule has 0 saturated carbocycles. The molecule has 0 bridgehead atoms. The lowest BCUT2D eigenvalue weighted by molar-refractivity contribution is -0.150. The van der Waals surface area contributed by atoms with Crippen LogP contribution in [0.4, 0.5) is 18.0 Å². The van der Waals surface area contributed by atoms with Gasteiger partial charge in [-0.3, -0.25) is 4.79 Å². The van der Waals surface area contributed by atoms with Crippen LogP contribution < -0.4 is 0 Å². The van der Waals surface area contributed by atoms with Gasteiger partial charge in [-0.05, 0) is 0 Å². The number of morpholine rings is 1. The third-order valence-corrected chi connectivity index (χ3v) is 2.25. The van der Waals surface area contributed by atoms with Crippen molar-refractivity contribution in [1.29, 1.82) is 0 Å². The summed E-state index contributed by atoms with van der Waals surface area (Å²) in [6.45, 7) is -1.76. The first-order valence-corrected chi connectivity index (χ1v) is 5.20. The number of amides is 2. The standard InChI is InChI=1S/C9H13F3N2O4/c10-9(11,12)6-14(5-7(15)16)8(17)13-1-3-18-4-2-13/h1-6H2,(H,15,16). The Balaban J connectivity index is 2.68. The number of carbonyl (C=O) groups excluding carboxylic acids is 1. The van der Waals surface area contributed by atoms with Gasteiger partial charge in [0, 0.05) is 13.1 Å². The number of ether oxygens (including phenoxy) is 1. The lowest BCUT2D eigenvalue weighted by atomic mass is 10.4. The fourth-order valence-electron chi connectivity index (χ4n) is 1.53. The van der Waals surface area contributed by atoms with Crippen molar-refractivity contribution in [3.8, 4) is 0 Å². The number of hydrogen-bond acceptors (Lipinski definition) is 3. The number of hydrogen-bond donors (Lipinski definition) is 1. The Kier molecular flexibility index (Phi) is 4.76. The van der Waals surface area contributed by atoms with Crippen LogP contribution in [-0.2, 0) is 9.53 Å². The van der Waals surface area contributed by atoms with E-state index in [0.717, 1.165) is 4.90 Å².